The summed E-state index contributed by atoms with van der Waals surface area (Å²) in [5, 5.41) is 0. The molecule has 132 valence electrons. The highest BCUT2D eigenvalue weighted by atomic mass is 16.2. The molecular formula is C20H41NO. The van der Waals surface area contributed by atoms with Gasteiger partial charge in [-0.3, -0.25) is 4.79 Å². The second kappa shape index (κ2) is 15.4. The molecule has 0 unspecified atom stereocenters. The lowest BCUT2D eigenvalue weighted by Gasteiger charge is -2.21. The SMILES string of the molecule is CCCCCCCCCCCCCCCC(=O)N(C)C(C)C. The molecule has 0 aliphatic rings. The predicted octanol–water partition coefficient (Wildman–Crippen LogP) is 6.33. The van der Waals surface area contributed by atoms with Crippen LogP contribution in [0.25, 0.3) is 0 Å². The summed E-state index contributed by atoms with van der Waals surface area (Å²) in [5.74, 6) is 0.304. The summed E-state index contributed by atoms with van der Waals surface area (Å²) in [6, 6.07) is 0.328. The van der Waals surface area contributed by atoms with Crippen molar-refractivity contribution in [3.05, 3.63) is 0 Å². The van der Waals surface area contributed by atoms with Crippen molar-refractivity contribution in [1.29, 1.82) is 0 Å². The van der Waals surface area contributed by atoms with Gasteiger partial charge in [-0.25, -0.2) is 0 Å². The average molecular weight is 312 g/mol. The predicted molar refractivity (Wildman–Crippen MR) is 98.2 cm³/mol. The first-order chi connectivity index (χ1) is 10.6. The minimum atomic E-state index is 0.304. The summed E-state index contributed by atoms with van der Waals surface area (Å²) < 4.78 is 0. The molecule has 0 aromatic heterocycles. The Morgan fingerprint density at radius 3 is 1.45 bits per heavy atom. The molecule has 0 aliphatic heterocycles. The molecule has 2 heteroatoms. The second-order valence-electron chi connectivity index (χ2n) is 7.09. The first-order valence-electron chi connectivity index (χ1n) is 9.85. The third kappa shape index (κ3) is 13.2. The lowest BCUT2D eigenvalue weighted by Crippen LogP contribution is -2.32. The van der Waals surface area contributed by atoms with Crippen LogP contribution in [0.1, 0.15) is 111 Å². The van der Waals surface area contributed by atoms with Crippen LogP contribution in [0.4, 0.5) is 0 Å². The molecule has 1 amide bonds. The van der Waals surface area contributed by atoms with Gasteiger partial charge in [-0.05, 0) is 20.3 Å². The number of unbranched alkanes of at least 4 members (excludes halogenated alkanes) is 12. The molecule has 0 heterocycles. The molecule has 0 saturated carbocycles. The zero-order chi connectivity index (χ0) is 16.6. The minimum Gasteiger partial charge on any atom is -0.343 e. The third-order valence-electron chi connectivity index (χ3n) is 4.66. The Kier molecular flexibility index (Phi) is 15.0. The molecule has 0 saturated heterocycles. The summed E-state index contributed by atoms with van der Waals surface area (Å²) in [7, 11) is 1.91. The molecule has 0 aliphatic carbocycles. The van der Waals surface area contributed by atoms with Crippen molar-refractivity contribution in [1.82, 2.24) is 4.90 Å². The maximum Gasteiger partial charge on any atom is 0.222 e. The topological polar surface area (TPSA) is 20.3 Å². The Hall–Kier alpha value is -0.530. The van der Waals surface area contributed by atoms with E-state index in [4.69, 9.17) is 0 Å². The molecule has 0 fully saturated rings. The van der Waals surface area contributed by atoms with Crippen LogP contribution in [0.2, 0.25) is 0 Å². The van der Waals surface area contributed by atoms with Gasteiger partial charge in [0.15, 0.2) is 0 Å². The van der Waals surface area contributed by atoms with Gasteiger partial charge in [-0.1, -0.05) is 84.0 Å². The van der Waals surface area contributed by atoms with Crippen molar-refractivity contribution < 1.29 is 4.79 Å². The Morgan fingerprint density at radius 2 is 1.09 bits per heavy atom. The average Bonchev–Trinajstić information content (AvgIpc) is 2.50. The normalized spacial score (nSPS) is 11.1. The maximum absolute atomic E-state index is 11.8. The number of nitrogens with zero attached hydrogens (tertiary/aromatic N) is 1. The summed E-state index contributed by atoms with van der Waals surface area (Å²) in [4.78, 5) is 13.7. The quantitative estimate of drug-likeness (QED) is 0.323. The highest BCUT2D eigenvalue weighted by molar-refractivity contribution is 5.76. The van der Waals surface area contributed by atoms with E-state index in [1.54, 1.807) is 0 Å². The number of carbonyl (C=O) groups is 1. The number of hydrogen-bond donors (Lipinski definition) is 0. The fourth-order valence-electron chi connectivity index (χ4n) is 2.76. The van der Waals surface area contributed by atoms with Crippen LogP contribution in [-0.2, 0) is 4.79 Å². The molecule has 0 aromatic rings. The highest BCUT2D eigenvalue weighted by Crippen LogP contribution is 2.13. The van der Waals surface area contributed by atoms with E-state index in [2.05, 4.69) is 20.8 Å². The first kappa shape index (κ1) is 21.5. The summed E-state index contributed by atoms with van der Waals surface area (Å²) in [6.07, 6.45) is 18.4. The molecule has 0 aromatic carbocycles. The zero-order valence-electron chi connectivity index (χ0n) is 15.8. The van der Waals surface area contributed by atoms with Crippen LogP contribution in [0, 0.1) is 0 Å². The summed E-state index contributed by atoms with van der Waals surface area (Å²) in [6.45, 7) is 6.42. The van der Waals surface area contributed by atoms with Crippen molar-refractivity contribution in [3.63, 3.8) is 0 Å². The maximum atomic E-state index is 11.8. The van der Waals surface area contributed by atoms with Gasteiger partial charge in [0.2, 0.25) is 5.91 Å². The van der Waals surface area contributed by atoms with E-state index in [9.17, 15) is 4.79 Å². The molecule has 0 spiro atoms. The van der Waals surface area contributed by atoms with E-state index < -0.39 is 0 Å². The fraction of sp³-hybridized carbons (Fsp3) is 0.950. The molecule has 22 heavy (non-hydrogen) atoms. The summed E-state index contributed by atoms with van der Waals surface area (Å²) >= 11 is 0. The van der Waals surface area contributed by atoms with Gasteiger partial charge < -0.3 is 4.90 Å². The number of carbonyl (C=O) groups excluding carboxylic acids is 1. The van der Waals surface area contributed by atoms with Crippen molar-refractivity contribution in [2.24, 2.45) is 0 Å². The Morgan fingerprint density at radius 1 is 0.727 bits per heavy atom. The van der Waals surface area contributed by atoms with Crippen LogP contribution in [0.5, 0.6) is 0 Å². The molecule has 0 bridgehead atoms. The third-order valence-corrected chi connectivity index (χ3v) is 4.66. The van der Waals surface area contributed by atoms with Crippen molar-refractivity contribution in [3.8, 4) is 0 Å². The number of hydrogen-bond acceptors (Lipinski definition) is 1. The van der Waals surface area contributed by atoms with Gasteiger partial charge in [0, 0.05) is 19.5 Å². The van der Waals surface area contributed by atoms with E-state index in [0.717, 1.165) is 12.8 Å². The molecule has 2 nitrogen and oxygen atoms in total. The smallest absolute Gasteiger partial charge is 0.222 e. The number of rotatable bonds is 15. The van der Waals surface area contributed by atoms with E-state index in [-0.39, 0.29) is 0 Å². The second-order valence-corrected chi connectivity index (χ2v) is 7.09. The van der Waals surface area contributed by atoms with Crippen LogP contribution in [0.3, 0.4) is 0 Å². The lowest BCUT2D eigenvalue weighted by molar-refractivity contribution is -0.131. The standard InChI is InChI=1S/C20H41NO/c1-5-6-7-8-9-10-11-12-13-14-15-16-17-18-20(22)21(4)19(2)3/h19H,5-18H2,1-4H3. The zero-order valence-corrected chi connectivity index (χ0v) is 15.8. The van der Waals surface area contributed by atoms with Crippen LogP contribution in [0.15, 0.2) is 0 Å². The molecular weight excluding hydrogens is 270 g/mol. The Bertz CT molecular complexity index is 250. The van der Waals surface area contributed by atoms with E-state index in [1.807, 2.05) is 11.9 Å². The van der Waals surface area contributed by atoms with Gasteiger partial charge >= 0.3 is 0 Å². The van der Waals surface area contributed by atoms with Gasteiger partial charge in [-0.2, -0.15) is 0 Å². The van der Waals surface area contributed by atoms with E-state index in [0.29, 0.717) is 11.9 Å². The van der Waals surface area contributed by atoms with E-state index in [1.165, 1.54) is 77.0 Å². The van der Waals surface area contributed by atoms with Crippen molar-refractivity contribution in [2.75, 3.05) is 7.05 Å². The molecule has 0 N–H and O–H groups in total. The molecule has 0 atom stereocenters. The minimum absolute atomic E-state index is 0.304. The highest BCUT2D eigenvalue weighted by Gasteiger charge is 2.10. The Labute approximate surface area is 140 Å². The monoisotopic (exact) mass is 311 g/mol. The van der Waals surface area contributed by atoms with E-state index >= 15 is 0 Å². The van der Waals surface area contributed by atoms with Crippen molar-refractivity contribution >= 4 is 5.91 Å². The van der Waals surface area contributed by atoms with Gasteiger partial charge in [0.25, 0.3) is 0 Å². The van der Waals surface area contributed by atoms with Crippen LogP contribution >= 0.6 is 0 Å². The molecule has 0 radical (unpaired) electrons. The van der Waals surface area contributed by atoms with Crippen LogP contribution in [-0.4, -0.2) is 23.9 Å². The fourth-order valence-corrected chi connectivity index (χ4v) is 2.76. The van der Waals surface area contributed by atoms with Gasteiger partial charge in [0.05, 0.1) is 0 Å². The summed E-state index contributed by atoms with van der Waals surface area (Å²) in [5.41, 5.74) is 0. The van der Waals surface area contributed by atoms with Gasteiger partial charge in [-0.15, -0.1) is 0 Å². The number of amides is 1. The lowest BCUT2D eigenvalue weighted by atomic mass is 10.0. The van der Waals surface area contributed by atoms with Gasteiger partial charge in [0.1, 0.15) is 0 Å². The first-order valence-corrected chi connectivity index (χ1v) is 9.85. The Balaban J connectivity index is 3.19. The van der Waals surface area contributed by atoms with Crippen LogP contribution < -0.4 is 0 Å². The largest absolute Gasteiger partial charge is 0.343 e. The molecule has 0 rings (SSSR count). The van der Waals surface area contributed by atoms with Crippen molar-refractivity contribution in [2.45, 2.75) is 117 Å².